The molecule has 2 aliphatic heterocycles. The molecule has 0 aliphatic carbocycles. The van der Waals surface area contributed by atoms with Crippen molar-refractivity contribution in [1.82, 2.24) is 9.62 Å². The van der Waals surface area contributed by atoms with Crippen LogP contribution in [0.3, 0.4) is 0 Å². The van der Waals surface area contributed by atoms with Crippen LogP contribution in [0.25, 0.3) is 0 Å². The maximum absolute atomic E-state index is 12.6. The number of halogens is 1. The van der Waals surface area contributed by atoms with Crippen molar-refractivity contribution in [2.24, 2.45) is 0 Å². The first kappa shape index (κ1) is 19.1. The summed E-state index contributed by atoms with van der Waals surface area (Å²) in [5.41, 5.74) is 0.498. The molecule has 134 valence electrons. The molecular weight excluding hydrogens is 354 g/mol. The van der Waals surface area contributed by atoms with Crippen molar-refractivity contribution in [3.05, 3.63) is 24.3 Å². The number of morpholine rings is 1. The number of anilines is 1. The van der Waals surface area contributed by atoms with Gasteiger partial charge in [0, 0.05) is 18.8 Å². The van der Waals surface area contributed by atoms with Gasteiger partial charge < -0.3 is 15.4 Å². The number of hydrogen-bond donors (Lipinski definition) is 2. The van der Waals surface area contributed by atoms with Crippen LogP contribution in [0.1, 0.15) is 12.8 Å². The molecule has 7 nitrogen and oxygen atoms in total. The van der Waals surface area contributed by atoms with Gasteiger partial charge in [-0.3, -0.25) is 4.79 Å². The SMILES string of the molecule is Cl.O=C(Nc1cccc(S(=O)(=O)N2CCOCC2)c1)C1CCCN1. The maximum atomic E-state index is 12.6. The minimum absolute atomic E-state index is 0. The van der Waals surface area contributed by atoms with Crippen LogP contribution in [0.5, 0.6) is 0 Å². The molecule has 1 unspecified atom stereocenters. The summed E-state index contributed by atoms with van der Waals surface area (Å²) in [5, 5.41) is 5.91. The van der Waals surface area contributed by atoms with E-state index in [0.29, 0.717) is 32.0 Å². The van der Waals surface area contributed by atoms with E-state index in [0.717, 1.165) is 19.4 Å². The number of amides is 1. The molecule has 3 rings (SSSR count). The summed E-state index contributed by atoms with van der Waals surface area (Å²) in [6, 6.07) is 6.21. The zero-order valence-corrected chi connectivity index (χ0v) is 14.9. The quantitative estimate of drug-likeness (QED) is 0.813. The van der Waals surface area contributed by atoms with E-state index >= 15 is 0 Å². The molecule has 2 aliphatic rings. The summed E-state index contributed by atoms with van der Waals surface area (Å²) in [4.78, 5) is 12.3. The fourth-order valence-electron chi connectivity index (χ4n) is 2.81. The van der Waals surface area contributed by atoms with Crippen LogP contribution in [0.4, 0.5) is 5.69 Å². The molecule has 2 saturated heterocycles. The van der Waals surface area contributed by atoms with Gasteiger partial charge in [0.05, 0.1) is 24.2 Å². The largest absolute Gasteiger partial charge is 0.379 e. The fourth-order valence-corrected chi connectivity index (χ4v) is 4.26. The van der Waals surface area contributed by atoms with Gasteiger partial charge in [-0.05, 0) is 37.6 Å². The molecule has 24 heavy (non-hydrogen) atoms. The van der Waals surface area contributed by atoms with Gasteiger partial charge in [-0.15, -0.1) is 12.4 Å². The van der Waals surface area contributed by atoms with E-state index in [9.17, 15) is 13.2 Å². The van der Waals surface area contributed by atoms with Crippen LogP contribution in [0.15, 0.2) is 29.2 Å². The van der Waals surface area contributed by atoms with Crippen molar-refractivity contribution in [1.29, 1.82) is 0 Å². The summed E-state index contributed by atoms with van der Waals surface area (Å²) in [5.74, 6) is -0.122. The van der Waals surface area contributed by atoms with Gasteiger partial charge in [0.2, 0.25) is 15.9 Å². The molecule has 2 heterocycles. The molecular formula is C15H22ClN3O4S. The molecule has 1 amide bonds. The average Bonchev–Trinajstić information content (AvgIpc) is 3.10. The van der Waals surface area contributed by atoms with Gasteiger partial charge in [-0.25, -0.2) is 8.42 Å². The molecule has 1 atom stereocenters. The highest BCUT2D eigenvalue weighted by molar-refractivity contribution is 7.89. The summed E-state index contributed by atoms with van der Waals surface area (Å²) in [7, 11) is -3.55. The van der Waals surface area contributed by atoms with Crippen molar-refractivity contribution < 1.29 is 17.9 Å². The second kappa shape index (κ2) is 8.26. The Labute approximate surface area is 148 Å². The molecule has 0 spiro atoms. The Balaban J connectivity index is 0.00000208. The third-order valence-electron chi connectivity index (χ3n) is 4.09. The number of nitrogens with zero attached hydrogens (tertiary/aromatic N) is 1. The molecule has 2 fully saturated rings. The Hall–Kier alpha value is -1.19. The van der Waals surface area contributed by atoms with Gasteiger partial charge in [0.15, 0.2) is 0 Å². The minimum atomic E-state index is -3.55. The predicted octanol–water partition coefficient (Wildman–Crippen LogP) is 0.820. The molecule has 0 bridgehead atoms. The average molecular weight is 376 g/mol. The standard InChI is InChI=1S/C15H21N3O4S.ClH/c19-15(14-5-2-6-16-14)17-12-3-1-4-13(11-12)23(20,21)18-7-9-22-10-8-18;/h1,3-4,11,14,16H,2,5-10H2,(H,17,19);1H. The topological polar surface area (TPSA) is 87.7 Å². The van der Waals surface area contributed by atoms with Gasteiger partial charge in [-0.1, -0.05) is 6.07 Å². The van der Waals surface area contributed by atoms with Crippen LogP contribution in [-0.4, -0.2) is 57.5 Å². The number of hydrogen-bond acceptors (Lipinski definition) is 5. The van der Waals surface area contributed by atoms with E-state index in [1.807, 2.05) is 0 Å². The highest BCUT2D eigenvalue weighted by Crippen LogP contribution is 2.21. The van der Waals surface area contributed by atoms with Crippen molar-refractivity contribution in [2.45, 2.75) is 23.8 Å². The predicted molar refractivity (Wildman–Crippen MR) is 92.9 cm³/mol. The van der Waals surface area contributed by atoms with Gasteiger partial charge >= 0.3 is 0 Å². The Morgan fingerprint density at radius 2 is 2.04 bits per heavy atom. The highest BCUT2D eigenvalue weighted by Gasteiger charge is 2.27. The van der Waals surface area contributed by atoms with E-state index in [4.69, 9.17) is 4.74 Å². The molecule has 1 aromatic rings. The zero-order valence-electron chi connectivity index (χ0n) is 13.2. The Bertz CT molecular complexity index is 671. The Kier molecular flexibility index (Phi) is 6.59. The second-order valence-electron chi connectivity index (χ2n) is 5.68. The summed E-state index contributed by atoms with van der Waals surface area (Å²) in [6.07, 6.45) is 1.78. The van der Waals surface area contributed by atoms with Crippen LogP contribution < -0.4 is 10.6 Å². The minimum Gasteiger partial charge on any atom is -0.379 e. The highest BCUT2D eigenvalue weighted by atomic mass is 35.5. The van der Waals surface area contributed by atoms with E-state index < -0.39 is 10.0 Å². The van der Waals surface area contributed by atoms with Crippen LogP contribution in [0, 0.1) is 0 Å². The number of carbonyl (C=O) groups excluding carboxylic acids is 1. The lowest BCUT2D eigenvalue weighted by atomic mass is 10.2. The first-order valence-corrected chi connectivity index (χ1v) is 9.23. The number of nitrogens with one attached hydrogen (secondary N) is 2. The number of ether oxygens (including phenoxy) is 1. The Morgan fingerprint density at radius 1 is 1.29 bits per heavy atom. The van der Waals surface area contributed by atoms with Gasteiger partial charge in [0.25, 0.3) is 0 Å². The van der Waals surface area contributed by atoms with Crippen LogP contribution in [0.2, 0.25) is 0 Å². The lowest BCUT2D eigenvalue weighted by Crippen LogP contribution is -2.40. The number of benzene rings is 1. The third-order valence-corrected chi connectivity index (χ3v) is 5.98. The first-order valence-electron chi connectivity index (χ1n) is 7.79. The maximum Gasteiger partial charge on any atom is 0.243 e. The van der Waals surface area contributed by atoms with Crippen molar-refractivity contribution in [2.75, 3.05) is 38.2 Å². The van der Waals surface area contributed by atoms with Crippen molar-refractivity contribution in [3.63, 3.8) is 0 Å². The van der Waals surface area contributed by atoms with Gasteiger partial charge in [0.1, 0.15) is 0 Å². The number of rotatable bonds is 4. The monoisotopic (exact) mass is 375 g/mol. The molecule has 0 radical (unpaired) electrons. The Morgan fingerprint density at radius 3 is 2.71 bits per heavy atom. The smallest absolute Gasteiger partial charge is 0.243 e. The summed E-state index contributed by atoms with van der Waals surface area (Å²) in [6.45, 7) is 2.35. The first-order chi connectivity index (χ1) is 11.1. The van der Waals surface area contributed by atoms with E-state index in [2.05, 4.69) is 10.6 Å². The molecule has 9 heteroatoms. The van der Waals surface area contributed by atoms with E-state index in [-0.39, 0.29) is 29.3 Å². The molecule has 0 aromatic heterocycles. The van der Waals surface area contributed by atoms with Crippen LogP contribution >= 0.6 is 12.4 Å². The van der Waals surface area contributed by atoms with Crippen LogP contribution in [-0.2, 0) is 19.6 Å². The van der Waals surface area contributed by atoms with E-state index in [1.54, 1.807) is 18.2 Å². The lowest BCUT2D eigenvalue weighted by Gasteiger charge is -2.26. The molecule has 0 saturated carbocycles. The lowest BCUT2D eigenvalue weighted by molar-refractivity contribution is -0.117. The summed E-state index contributed by atoms with van der Waals surface area (Å²) < 4.78 is 31.9. The number of carbonyl (C=O) groups is 1. The van der Waals surface area contributed by atoms with E-state index in [1.165, 1.54) is 10.4 Å². The summed E-state index contributed by atoms with van der Waals surface area (Å²) >= 11 is 0. The van der Waals surface area contributed by atoms with Crippen molar-refractivity contribution in [3.8, 4) is 0 Å². The second-order valence-corrected chi connectivity index (χ2v) is 7.62. The molecule has 1 aromatic carbocycles. The van der Waals surface area contributed by atoms with Gasteiger partial charge in [-0.2, -0.15) is 4.31 Å². The number of sulfonamides is 1. The third kappa shape index (κ3) is 4.25. The zero-order chi connectivity index (χ0) is 16.3. The normalized spacial score (nSPS) is 21.9. The molecule has 2 N–H and O–H groups in total. The fraction of sp³-hybridized carbons (Fsp3) is 0.533. The van der Waals surface area contributed by atoms with Crippen molar-refractivity contribution >= 4 is 34.0 Å².